The van der Waals surface area contributed by atoms with Crippen LogP contribution in [0.4, 0.5) is 5.69 Å². The molecule has 1 saturated carbocycles. The number of halogens is 4. The molecule has 0 aromatic heterocycles. The standard InChI is InChI=1S/C38H33Br2Cl2N3O9/c1-53-19-8-5-17(6-9-19)38-24(35(50)45(37(38)52)43-26-12-7-18(41)14-25(26)42)15-22-20(30(38)23-16-27(54-2)33(48)32(40)31(23)39)10-11-21-29(22)36(51)44(34(21)49)13-3-4-28(46)47/h5-10,12,14,16,21-22,24,29-30,43,48H,3-4,11,13,15H2,1-2H3,(H,46,47)/t21-,22+,24-,29-,30+,38+/m0/s1. The number of ether oxygens (including phenoxy) is 2. The summed E-state index contributed by atoms with van der Waals surface area (Å²) in [5.41, 5.74) is 3.20. The zero-order chi connectivity index (χ0) is 38.8. The predicted octanol–water partition coefficient (Wildman–Crippen LogP) is 7.09. The van der Waals surface area contributed by atoms with Crippen LogP contribution in [0.2, 0.25) is 10.0 Å². The van der Waals surface area contributed by atoms with Crippen LogP contribution in [-0.4, -0.2) is 70.5 Å². The average Bonchev–Trinajstić information content (AvgIpc) is 3.52. The van der Waals surface area contributed by atoms with Crippen molar-refractivity contribution in [3.63, 3.8) is 0 Å². The van der Waals surface area contributed by atoms with E-state index in [-0.39, 0.29) is 64.8 Å². The summed E-state index contributed by atoms with van der Waals surface area (Å²) in [4.78, 5) is 70.9. The molecule has 0 spiro atoms. The summed E-state index contributed by atoms with van der Waals surface area (Å²) in [6.45, 7) is -0.0493. The number of methoxy groups -OCH3 is 2. The molecule has 0 bridgehead atoms. The Morgan fingerprint density at radius 2 is 1.69 bits per heavy atom. The minimum absolute atomic E-state index is 0.0304. The van der Waals surface area contributed by atoms with Crippen molar-refractivity contribution in [3.05, 3.63) is 90.3 Å². The maximum atomic E-state index is 15.5. The van der Waals surface area contributed by atoms with Gasteiger partial charge in [-0.15, -0.1) is 0 Å². The number of hydrazine groups is 1. The second-order valence-electron chi connectivity index (χ2n) is 13.7. The lowest BCUT2D eigenvalue weighted by molar-refractivity contribution is -0.142. The monoisotopic (exact) mass is 903 g/mol. The van der Waals surface area contributed by atoms with E-state index in [2.05, 4.69) is 37.3 Å². The molecule has 6 atom stereocenters. The second kappa shape index (κ2) is 14.5. The molecule has 2 aliphatic heterocycles. The normalized spacial score (nSPS) is 26.0. The first kappa shape index (κ1) is 38.2. The van der Waals surface area contributed by atoms with Crippen LogP contribution in [0.15, 0.2) is 69.1 Å². The van der Waals surface area contributed by atoms with Gasteiger partial charge in [-0.1, -0.05) is 47.0 Å². The van der Waals surface area contributed by atoms with Gasteiger partial charge in [-0.3, -0.25) is 34.3 Å². The summed E-state index contributed by atoms with van der Waals surface area (Å²) in [5, 5.41) is 21.7. The number of amides is 4. The molecule has 2 saturated heterocycles. The average molecular weight is 906 g/mol. The maximum absolute atomic E-state index is 15.5. The first-order valence-electron chi connectivity index (χ1n) is 17.0. The number of aromatic hydroxyl groups is 1. The van der Waals surface area contributed by atoms with Crippen LogP contribution in [0, 0.1) is 23.7 Å². The van der Waals surface area contributed by atoms with Gasteiger partial charge in [0.2, 0.25) is 11.8 Å². The molecule has 7 rings (SSSR count). The van der Waals surface area contributed by atoms with E-state index in [1.54, 1.807) is 42.5 Å². The Hall–Kier alpha value is -4.11. The number of nitrogens with zero attached hydrogens (tertiary/aromatic N) is 2. The molecule has 12 nitrogen and oxygen atoms in total. The Morgan fingerprint density at radius 1 is 0.963 bits per heavy atom. The van der Waals surface area contributed by atoms with Crippen LogP contribution in [-0.2, 0) is 29.4 Å². The SMILES string of the molecule is COc1ccc([C@@]23C(=O)N(Nc4ccc(Cl)cc4Cl)C(=O)[C@@H]2C[C@@H]2C(=CC[C@@H]4C(=O)N(CCCC(=O)O)C(=O)[C@@H]42)[C@@H]3c2cc(OC)c(O)c(Br)c2Br)cc1. The van der Waals surface area contributed by atoms with Crippen LogP contribution >= 0.6 is 55.1 Å². The highest BCUT2D eigenvalue weighted by Crippen LogP contribution is 2.65. The van der Waals surface area contributed by atoms with E-state index in [4.69, 9.17) is 32.7 Å². The van der Waals surface area contributed by atoms with Gasteiger partial charge in [0.05, 0.1) is 52.6 Å². The van der Waals surface area contributed by atoms with Crippen molar-refractivity contribution < 1.29 is 43.7 Å². The number of carbonyl (C=O) groups is 5. The molecular formula is C38H33Br2Cl2N3O9. The lowest BCUT2D eigenvalue weighted by atomic mass is 9.49. The molecule has 2 heterocycles. The number of anilines is 1. The fourth-order valence-electron chi connectivity index (χ4n) is 8.84. The first-order valence-corrected chi connectivity index (χ1v) is 19.4. The minimum Gasteiger partial charge on any atom is -0.503 e. The van der Waals surface area contributed by atoms with Crippen LogP contribution in [0.25, 0.3) is 0 Å². The Kier molecular flexibility index (Phi) is 10.3. The van der Waals surface area contributed by atoms with Crippen molar-refractivity contribution in [2.24, 2.45) is 23.7 Å². The molecule has 4 amide bonds. The number of fused-ring (bicyclic) bond motifs is 4. The topological polar surface area (TPSA) is 163 Å². The quantitative estimate of drug-likeness (QED) is 0.142. The molecule has 282 valence electrons. The molecular weight excluding hydrogens is 873 g/mol. The number of benzene rings is 3. The number of hydrogen-bond acceptors (Lipinski definition) is 9. The van der Waals surface area contributed by atoms with E-state index in [0.29, 0.717) is 31.9 Å². The molecule has 0 unspecified atom stereocenters. The van der Waals surface area contributed by atoms with E-state index in [9.17, 15) is 29.4 Å². The largest absolute Gasteiger partial charge is 0.503 e. The molecule has 3 N–H and O–H groups in total. The maximum Gasteiger partial charge on any atom is 0.303 e. The zero-order valence-electron chi connectivity index (χ0n) is 28.8. The number of carbonyl (C=O) groups excluding carboxylic acids is 4. The molecule has 16 heteroatoms. The number of aliphatic carboxylic acids is 1. The number of nitrogens with one attached hydrogen (secondary N) is 1. The summed E-state index contributed by atoms with van der Waals surface area (Å²) in [5.74, 6) is -6.94. The zero-order valence-corrected chi connectivity index (χ0v) is 33.5. The van der Waals surface area contributed by atoms with E-state index in [0.717, 1.165) is 9.91 Å². The number of carboxylic acids is 1. The lowest BCUT2D eigenvalue weighted by Crippen LogP contribution is -2.53. The van der Waals surface area contributed by atoms with Gasteiger partial charge >= 0.3 is 5.97 Å². The van der Waals surface area contributed by atoms with Gasteiger partial charge in [0.25, 0.3) is 11.8 Å². The number of phenols is 1. The van der Waals surface area contributed by atoms with Gasteiger partial charge in [0, 0.05) is 28.4 Å². The molecule has 2 aliphatic carbocycles. The van der Waals surface area contributed by atoms with Crippen LogP contribution in [0.5, 0.6) is 17.2 Å². The third kappa shape index (κ3) is 5.87. The Balaban J connectivity index is 1.46. The number of hydrogen-bond donors (Lipinski definition) is 3. The van der Waals surface area contributed by atoms with E-state index < -0.39 is 58.7 Å². The number of imide groups is 2. The van der Waals surface area contributed by atoms with Crippen molar-refractivity contribution in [2.45, 2.75) is 37.0 Å². The molecule has 3 fully saturated rings. The number of phenolic OH excluding ortho intramolecular Hbond substituents is 1. The fourth-order valence-corrected chi connectivity index (χ4v) is 10.2. The van der Waals surface area contributed by atoms with Gasteiger partial charge in [-0.2, -0.15) is 5.01 Å². The fraction of sp³-hybridized carbons (Fsp3) is 0.342. The van der Waals surface area contributed by atoms with E-state index >= 15 is 4.79 Å². The summed E-state index contributed by atoms with van der Waals surface area (Å²) in [7, 11) is 2.91. The number of carboxylic acid groups (broad SMARTS) is 1. The van der Waals surface area contributed by atoms with Crippen molar-refractivity contribution in [2.75, 3.05) is 26.2 Å². The third-order valence-electron chi connectivity index (χ3n) is 11.1. The van der Waals surface area contributed by atoms with Crippen molar-refractivity contribution in [1.82, 2.24) is 9.91 Å². The Bertz CT molecular complexity index is 2150. The van der Waals surface area contributed by atoms with Crippen molar-refractivity contribution in [3.8, 4) is 17.2 Å². The van der Waals surface area contributed by atoms with Gasteiger partial charge in [0.1, 0.15) is 5.75 Å². The highest BCUT2D eigenvalue weighted by atomic mass is 79.9. The second-order valence-corrected chi connectivity index (χ2v) is 16.1. The number of allylic oxidation sites excluding steroid dienone is 2. The lowest BCUT2D eigenvalue weighted by Gasteiger charge is -2.51. The van der Waals surface area contributed by atoms with E-state index in [1.807, 2.05) is 6.08 Å². The third-order valence-corrected chi connectivity index (χ3v) is 13.9. The predicted molar refractivity (Wildman–Crippen MR) is 204 cm³/mol. The van der Waals surface area contributed by atoms with Gasteiger partial charge in [-0.05, 0) is 105 Å². The van der Waals surface area contributed by atoms with Crippen molar-refractivity contribution in [1.29, 1.82) is 0 Å². The van der Waals surface area contributed by atoms with Crippen LogP contribution < -0.4 is 14.9 Å². The van der Waals surface area contributed by atoms with Crippen molar-refractivity contribution >= 4 is 90.3 Å². The number of likely N-dealkylation sites (tertiary alicyclic amines) is 1. The smallest absolute Gasteiger partial charge is 0.303 e. The molecule has 3 aromatic rings. The molecule has 4 aliphatic rings. The van der Waals surface area contributed by atoms with Gasteiger partial charge < -0.3 is 19.7 Å². The minimum atomic E-state index is -1.65. The number of rotatable bonds is 10. The highest BCUT2D eigenvalue weighted by molar-refractivity contribution is 9.13. The molecule has 3 aromatic carbocycles. The summed E-state index contributed by atoms with van der Waals surface area (Å²) in [6, 6.07) is 13.1. The summed E-state index contributed by atoms with van der Waals surface area (Å²) >= 11 is 19.8. The van der Waals surface area contributed by atoms with Gasteiger partial charge in [0.15, 0.2) is 11.5 Å². The summed E-state index contributed by atoms with van der Waals surface area (Å²) < 4.78 is 11.7. The Labute approximate surface area is 336 Å². The first-order chi connectivity index (χ1) is 25.8. The highest BCUT2D eigenvalue weighted by Gasteiger charge is 2.70. The summed E-state index contributed by atoms with van der Waals surface area (Å²) in [6.07, 6.45) is 1.99. The Morgan fingerprint density at radius 3 is 2.33 bits per heavy atom. The van der Waals surface area contributed by atoms with Crippen LogP contribution in [0.1, 0.15) is 42.7 Å². The molecule has 0 radical (unpaired) electrons. The van der Waals surface area contributed by atoms with Crippen LogP contribution in [0.3, 0.4) is 0 Å². The molecule has 54 heavy (non-hydrogen) atoms. The van der Waals surface area contributed by atoms with E-state index in [1.165, 1.54) is 20.3 Å². The van der Waals surface area contributed by atoms with Gasteiger partial charge in [-0.25, -0.2) is 0 Å².